The van der Waals surface area contributed by atoms with E-state index in [1.54, 1.807) is 52.3 Å². The molecule has 0 spiro atoms. The second-order valence-electron chi connectivity index (χ2n) is 9.18. The number of para-hydroxylation sites is 1. The Morgan fingerprint density at radius 1 is 0.947 bits per heavy atom. The molecule has 0 radical (unpaired) electrons. The molecule has 0 saturated carbocycles. The van der Waals surface area contributed by atoms with Gasteiger partial charge in [-0.05, 0) is 38.1 Å². The lowest BCUT2D eigenvalue weighted by atomic mass is 10.2. The van der Waals surface area contributed by atoms with E-state index in [-0.39, 0.29) is 10.8 Å². The minimum absolute atomic E-state index is 0.196. The molecule has 38 heavy (non-hydrogen) atoms. The fourth-order valence-corrected chi connectivity index (χ4v) is 5.36. The summed E-state index contributed by atoms with van der Waals surface area (Å²) in [5.41, 5.74) is 2.19. The van der Waals surface area contributed by atoms with Gasteiger partial charge in [0.05, 0.1) is 35.2 Å². The van der Waals surface area contributed by atoms with Crippen molar-refractivity contribution < 1.29 is 17.9 Å². The van der Waals surface area contributed by atoms with E-state index in [0.29, 0.717) is 23.1 Å². The third kappa shape index (κ3) is 6.50. The van der Waals surface area contributed by atoms with Gasteiger partial charge in [-0.15, -0.1) is 0 Å². The lowest BCUT2D eigenvalue weighted by Gasteiger charge is -2.36. The van der Waals surface area contributed by atoms with Gasteiger partial charge in [-0.3, -0.25) is 4.90 Å². The predicted octanol–water partition coefficient (Wildman–Crippen LogP) is 3.32. The van der Waals surface area contributed by atoms with E-state index in [1.165, 1.54) is 6.33 Å². The zero-order valence-corrected chi connectivity index (χ0v) is 23.0. The van der Waals surface area contributed by atoms with Crippen LogP contribution in [-0.2, 0) is 14.6 Å². The Labute approximate surface area is 224 Å². The number of hydrogen-bond donors (Lipinski definition) is 2. The Kier molecular flexibility index (Phi) is 8.97. The molecule has 1 aliphatic rings. The van der Waals surface area contributed by atoms with Gasteiger partial charge < -0.3 is 25.0 Å². The number of aromatic nitrogens is 3. The van der Waals surface area contributed by atoms with Gasteiger partial charge in [0, 0.05) is 51.6 Å². The highest BCUT2D eigenvalue weighted by Gasteiger charge is 2.23. The molecule has 0 unspecified atom stereocenters. The van der Waals surface area contributed by atoms with Crippen molar-refractivity contribution in [3.05, 3.63) is 48.8 Å². The van der Waals surface area contributed by atoms with Gasteiger partial charge in [-0.1, -0.05) is 12.1 Å². The Balaban J connectivity index is 1.48. The smallest absolute Gasteiger partial charge is 0.232 e. The minimum atomic E-state index is -3.49. The molecule has 0 amide bonds. The van der Waals surface area contributed by atoms with Crippen LogP contribution >= 0.6 is 0 Å². The fraction of sp³-hybridized carbons (Fsp3) is 0.423. The van der Waals surface area contributed by atoms with Crippen molar-refractivity contribution in [1.29, 1.82) is 0 Å². The topological polar surface area (TPSA) is 122 Å². The standard InChI is InChI=1S/C26H35N7O4S/c1-19(2)38(34,35)24-8-6-5-7-22(24)30-26-28-18-27-25(31-26)29-21-10-9-20(17-23(21)37-4)33-13-11-32(12-14-33)15-16-36-3/h5-10,17-19H,11-16H2,1-4H3,(H2,27,28,29,30,31). The molecule has 0 aliphatic carbocycles. The van der Waals surface area contributed by atoms with Crippen molar-refractivity contribution in [2.45, 2.75) is 24.0 Å². The van der Waals surface area contributed by atoms with Crippen LogP contribution in [0.1, 0.15) is 13.8 Å². The maximum atomic E-state index is 12.8. The normalized spacial score (nSPS) is 14.5. The number of methoxy groups -OCH3 is 2. The number of nitrogens with zero attached hydrogens (tertiary/aromatic N) is 5. The zero-order valence-electron chi connectivity index (χ0n) is 22.2. The van der Waals surface area contributed by atoms with Crippen molar-refractivity contribution in [3.8, 4) is 5.75 Å². The monoisotopic (exact) mass is 541 g/mol. The van der Waals surface area contributed by atoms with Crippen molar-refractivity contribution in [3.63, 3.8) is 0 Å². The van der Waals surface area contributed by atoms with Crippen LogP contribution in [0.5, 0.6) is 5.75 Å². The summed E-state index contributed by atoms with van der Waals surface area (Å²) in [4.78, 5) is 17.8. The van der Waals surface area contributed by atoms with Gasteiger partial charge in [-0.25, -0.2) is 18.4 Å². The molecule has 0 atom stereocenters. The number of benzene rings is 2. The number of rotatable bonds is 11. The quantitative estimate of drug-likeness (QED) is 0.372. The maximum Gasteiger partial charge on any atom is 0.232 e. The van der Waals surface area contributed by atoms with Crippen LogP contribution in [0.15, 0.2) is 53.7 Å². The lowest BCUT2D eigenvalue weighted by Crippen LogP contribution is -2.47. The largest absolute Gasteiger partial charge is 0.494 e. The Morgan fingerprint density at radius 2 is 1.63 bits per heavy atom. The highest BCUT2D eigenvalue weighted by atomic mass is 32.2. The lowest BCUT2D eigenvalue weighted by molar-refractivity contribution is 0.144. The first kappa shape index (κ1) is 27.6. The van der Waals surface area contributed by atoms with E-state index in [9.17, 15) is 8.42 Å². The molecule has 204 valence electrons. The van der Waals surface area contributed by atoms with Gasteiger partial charge in [-0.2, -0.15) is 4.98 Å². The van der Waals surface area contributed by atoms with Crippen LogP contribution in [-0.4, -0.2) is 87.1 Å². The molecule has 2 N–H and O–H groups in total. The van der Waals surface area contributed by atoms with E-state index in [0.717, 1.165) is 45.0 Å². The number of sulfone groups is 1. The molecule has 2 aromatic carbocycles. The third-order valence-electron chi connectivity index (χ3n) is 6.41. The highest BCUT2D eigenvalue weighted by molar-refractivity contribution is 7.92. The Hall–Kier alpha value is -3.48. The fourth-order valence-electron chi connectivity index (χ4n) is 4.16. The summed E-state index contributed by atoms with van der Waals surface area (Å²) in [6, 6.07) is 12.7. The average Bonchev–Trinajstić information content (AvgIpc) is 2.93. The van der Waals surface area contributed by atoms with Crippen LogP contribution in [0, 0.1) is 0 Å². The maximum absolute atomic E-state index is 12.8. The zero-order chi connectivity index (χ0) is 27.1. The molecule has 0 bridgehead atoms. The number of nitrogens with one attached hydrogen (secondary N) is 2. The van der Waals surface area contributed by atoms with Crippen molar-refractivity contribution in [1.82, 2.24) is 19.9 Å². The number of anilines is 5. The van der Waals surface area contributed by atoms with Crippen molar-refractivity contribution in [2.75, 3.05) is 69.1 Å². The third-order valence-corrected chi connectivity index (χ3v) is 8.62. The molecular weight excluding hydrogens is 506 g/mol. The average molecular weight is 542 g/mol. The van der Waals surface area contributed by atoms with Crippen molar-refractivity contribution in [2.24, 2.45) is 0 Å². The molecule has 1 fully saturated rings. The van der Waals surface area contributed by atoms with E-state index in [4.69, 9.17) is 9.47 Å². The molecule has 1 aromatic heterocycles. The van der Waals surface area contributed by atoms with Gasteiger partial charge in [0.25, 0.3) is 0 Å². The minimum Gasteiger partial charge on any atom is -0.494 e. The second kappa shape index (κ2) is 12.4. The SMILES string of the molecule is COCCN1CCN(c2ccc(Nc3ncnc(Nc4ccccc4S(=O)(=O)C(C)C)n3)c(OC)c2)CC1. The molecular formula is C26H35N7O4S. The van der Waals surface area contributed by atoms with Gasteiger partial charge in [0.2, 0.25) is 11.9 Å². The van der Waals surface area contributed by atoms with Gasteiger partial charge >= 0.3 is 0 Å². The van der Waals surface area contributed by atoms with Crippen LogP contribution in [0.4, 0.5) is 29.0 Å². The van der Waals surface area contributed by atoms with E-state index < -0.39 is 15.1 Å². The summed E-state index contributed by atoms with van der Waals surface area (Å²) in [7, 11) is -0.142. The van der Waals surface area contributed by atoms with E-state index in [2.05, 4.69) is 35.4 Å². The van der Waals surface area contributed by atoms with Crippen molar-refractivity contribution >= 4 is 38.8 Å². The highest BCUT2D eigenvalue weighted by Crippen LogP contribution is 2.32. The number of hydrogen-bond acceptors (Lipinski definition) is 11. The first-order valence-electron chi connectivity index (χ1n) is 12.5. The van der Waals surface area contributed by atoms with Gasteiger partial charge in [0.15, 0.2) is 9.84 Å². The van der Waals surface area contributed by atoms with Crippen LogP contribution < -0.4 is 20.3 Å². The summed E-state index contributed by atoms with van der Waals surface area (Å²) < 4.78 is 36.4. The van der Waals surface area contributed by atoms with Gasteiger partial charge in [0.1, 0.15) is 12.1 Å². The first-order valence-corrected chi connectivity index (χ1v) is 14.1. The Bertz CT molecular complexity index is 1330. The molecule has 1 aliphatic heterocycles. The number of ether oxygens (including phenoxy) is 2. The molecule has 3 aromatic rings. The Morgan fingerprint density at radius 3 is 2.29 bits per heavy atom. The van der Waals surface area contributed by atoms with E-state index in [1.807, 2.05) is 18.2 Å². The predicted molar refractivity (Wildman–Crippen MR) is 149 cm³/mol. The second-order valence-corrected chi connectivity index (χ2v) is 11.7. The molecule has 11 nitrogen and oxygen atoms in total. The van der Waals surface area contributed by atoms with Crippen LogP contribution in [0.25, 0.3) is 0 Å². The summed E-state index contributed by atoms with van der Waals surface area (Å²) >= 11 is 0. The van der Waals surface area contributed by atoms with E-state index >= 15 is 0 Å². The molecule has 12 heteroatoms. The van der Waals surface area contributed by atoms with Crippen LogP contribution in [0.2, 0.25) is 0 Å². The molecule has 4 rings (SSSR count). The molecule has 1 saturated heterocycles. The summed E-state index contributed by atoms with van der Waals surface area (Å²) in [6.07, 6.45) is 1.36. The first-order chi connectivity index (χ1) is 18.3. The van der Waals surface area contributed by atoms with Crippen LogP contribution in [0.3, 0.4) is 0 Å². The number of piperazine rings is 1. The summed E-state index contributed by atoms with van der Waals surface area (Å²) in [5, 5.41) is 5.65. The molecule has 2 heterocycles. The summed E-state index contributed by atoms with van der Waals surface area (Å²) in [5.74, 6) is 1.17. The summed E-state index contributed by atoms with van der Waals surface area (Å²) in [6.45, 7) is 8.80.